The van der Waals surface area contributed by atoms with Crippen molar-refractivity contribution in [2.24, 2.45) is 0 Å². The molecule has 0 radical (unpaired) electrons. The topological polar surface area (TPSA) is 9.23 Å². The van der Waals surface area contributed by atoms with Crippen LogP contribution in [0, 0.1) is 0 Å². The van der Waals surface area contributed by atoms with Gasteiger partial charge in [-0.05, 0) is 19.1 Å². The summed E-state index contributed by atoms with van der Waals surface area (Å²) in [6.07, 6.45) is 1.85. The van der Waals surface area contributed by atoms with Gasteiger partial charge < -0.3 is 4.74 Å². The van der Waals surface area contributed by atoms with Gasteiger partial charge in [-0.25, -0.2) is 0 Å². The van der Waals surface area contributed by atoms with Crippen LogP contribution in [0.4, 0.5) is 0 Å². The second kappa shape index (κ2) is 3.81. The fourth-order valence-corrected chi connectivity index (χ4v) is 0.762. The molecule has 1 rings (SSSR count). The van der Waals surface area contributed by atoms with Gasteiger partial charge in [-0.15, -0.1) is 0 Å². The van der Waals surface area contributed by atoms with Gasteiger partial charge in [-0.2, -0.15) is 0 Å². The highest BCUT2D eigenvalue weighted by atomic mass is 16.5. The normalized spacial score (nSPS) is 12.1. The van der Waals surface area contributed by atoms with E-state index in [1.54, 1.807) is 6.08 Å². The maximum atomic E-state index is 5.45. The minimum atomic E-state index is 0.0809. The van der Waals surface area contributed by atoms with Crippen molar-refractivity contribution in [3.8, 4) is 5.75 Å². The zero-order valence-electron chi connectivity index (χ0n) is 6.66. The van der Waals surface area contributed by atoms with Crippen LogP contribution in [0.1, 0.15) is 6.92 Å². The zero-order valence-corrected chi connectivity index (χ0v) is 6.66. The van der Waals surface area contributed by atoms with Crippen LogP contribution >= 0.6 is 0 Å². The Kier molecular flexibility index (Phi) is 2.73. The van der Waals surface area contributed by atoms with Crippen molar-refractivity contribution in [1.29, 1.82) is 0 Å². The molecule has 0 fully saturated rings. The summed E-state index contributed by atoms with van der Waals surface area (Å²) in [7, 11) is 0. The Bertz CT molecular complexity index is 216. The molecule has 0 amide bonds. The number of hydrogen-bond donors (Lipinski definition) is 0. The molecule has 0 saturated heterocycles. The number of benzene rings is 1. The monoisotopic (exact) mass is 148 g/mol. The lowest BCUT2D eigenvalue weighted by Gasteiger charge is -2.09. The lowest BCUT2D eigenvalue weighted by molar-refractivity contribution is 0.270. The fraction of sp³-hybridized carbons (Fsp3) is 0.200. The molecule has 0 spiro atoms. The standard InChI is InChI=1S/C10H12O/c1-3-9(2)11-10-7-5-4-6-8-10/h3-9H,1H2,2H3/t9-/m1/s1. The molecule has 1 aromatic rings. The van der Waals surface area contributed by atoms with E-state index in [2.05, 4.69) is 6.58 Å². The highest BCUT2D eigenvalue weighted by Crippen LogP contribution is 2.10. The van der Waals surface area contributed by atoms with Crippen molar-refractivity contribution in [1.82, 2.24) is 0 Å². The van der Waals surface area contributed by atoms with Gasteiger partial charge in [-0.1, -0.05) is 30.9 Å². The summed E-state index contributed by atoms with van der Waals surface area (Å²) in [4.78, 5) is 0. The first-order valence-electron chi connectivity index (χ1n) is 3.67. The van der Waals surface area contributed by atoms with Gasteiger partial charge in [0, 0.05) is 0 Å². The van der Waals surface area contributed by atoms with Crippen molar-refractivity contribution in [2.45, 2.75) is 13.0 Å². The Hall–Kier alpha value is -1.24. The summed E-state index contributed by atoms with van der Waals surface area (Å²) >= 11 is 0. The molecule has 0 aromatic heterocycles. The molecule has 1 heteroatoms. The fourth-order valence-electron chi connectivity index (χ4n) is 0.762. The van der Waals surface area contributed by atoms with Crippen LogP contribution in [0.2, 0.25) is 0 Å². The molecule has 0 aliphatic rings. The van der Waals surface area contributed by atoms with Gasteiger partial charge in [0.25, 0.3) is 0 Å². The van der Waals surface area contributed by atoms with Gasteiger partial charge in [0.15, 0.2) is 0 Å². The van der Waals surface area contributed by atoms with Crippen LogP contribution in [-0.4, -0.2) is 6.10 Å². The summed E-state index contributed by atoms with van der Waals surface area (Å²) in [6, 6.07) is 9.72. The maximum absolute atomic E-state index is 5.45. The molecule has 0 N–H and O–H groups in total. The second-order valence-corrected chi connectivity index (χ2v) is 2.37. The summed E-state index contributed by atoms with van der Waals surface area (Å²) in [5, 5.41) is 0. The molecular weight excluding hydrogens is 136 g/mol. The SMILES string of the molecule is C=C[C@@H](C)Oc1ccccc1. The van der Waals surface area contributed by atoms with Crippen LogP contribution in [-0.2, 0) is 0 Å². The van der Waals surface area contributed by atoms with Crippen LogP contribution in [0.3, 0.4) is 0 Å². The minimum absolute atomic E-state index is 0.0809. The predicted molar refractivity (Wildman–Crippen MR) is 46.7 cm³/mol. The van der Waals surface area contributed by atoms with Crippen molar-refractivity contribution in [3.05, 3.63) is 43.0 Å². The van der Waals surface area contributed by atoms with E-state index in [1.807, 2.05) is 37.3 Å². The third kappa shape index (κ3) is 2.46. The molecule has 0 aliphatic heterocycles. The third-order valence-corrected chi connectivity index (χ3v) is 1.40. The van der Waals surface area contributed by atoms with Crippen molar-refractivity contribution < 1.29 is 4.74 Å². The first kappa shape index (κ1) is 7.86. The summed E-state index contributed by atoms with van der Waals surface area (Å²) in [5.74, 6) is 0.889. The first-order valence-corrected chi connectivity index (χ1v) is 3.67. The van der Waals surface area contributed by atoms with Crippen LogP contribution in [0.25, 0.3) is 0 Å². The minimum Gasteiger partial charge on any atom is -0.487 e. The number of hydrogen-bond acceptors (Lipinski definition) is 1. The van der Waals surface area contributed by atoms with Gasteiger partial charge >= 0.3 is 0 Å². The maximum Gasteiger partial charge on any atom is 0.120 e. The number of para-hydroxylation sites is 1. The van der Waals surface area contributed by atoms with Crippen molar-refractivity contribution in [3.63, 3.8) is 0 Å². The zero-order chi connectivity index (χ0) is 8.10. The average molecular weight is 148 g/mol. The second-order valence-electron chi connectivity index (χ2n) is 2.37. The Morgan fingerprint density at radius 2 is 2.00 bits per heavy atom. The Balaban J connectivity index is 2.57. The molecule has 0 heterocycles. The molecule has 0 aliphatic carbocycles. The number of ether oxygens (including phenoxy) is 1. The van der Waals surface area contributed by atoms with Gasteiger partial charge in [0.1, 0.15) is 11.9 Å². The van der Waals surface area contributed by atoms with Crippen molar-refractivity contribution in [2.75, 3.05) is 0 Å². The van der Waals surface area contributed by atoms with Crippen molar-refractivity contribution >= 4 is 0 Å². The number of rotatable bonds is 3. The van der Waals surface area contributed by atoms with E-state index in [9.17, 15) is 0 Å². The molecule has 11 heavy (non-hydrogen) atoms. The smallest absolute Gasteiger partial charge is 0.120 e. The van der Waals surface area contributed by atoms with Gasteiger partial charge in [-0.3, -0.25) is 0 Å². The van der Waals surface area contributed by atoms with E-state index < -0.39 is 0 Å². The molecule has 1 aromatic carbocycles. The quantitative estimate of drug-likeness (QED) is 0.599. The molecule has 58 valence electrons. The largest absolute Gasteiger partial charge is 0.487 e. The Morgan fingerprint density at radius 1 is 1.36 bits per heavy atom. The lowest BCUT2D eigenvalue weighted by atomic mass is 10.3. The van der Waals surface area contributed by atoms with Crippen LogP contribution in [0.15, 0.2) is 43.0 Å². The Morgan fingerprint density at radius 3 is 2.55 bits per heavy atom. The molecule has 0 bridgehead atoms. The predicted octanol–water partition coefficient (Wildman–Crippen LogP) is 2.64. The Labute approximate surface area is 67.3 Å². The van der Waals surface area contributed by atoms with E-state index in [0.29, 0.717) is 0 Å². The highest BCUT2D eigenvalue weighted by molar-refractivity contribution is 5.21. The molecule has 0 saturated carbocycles. The van der Waals surface area contributed by atoms with E-state index in [-0.39, 0.29) is 6.10 Å². The highest BCUT2D eigenvalue weighted by Gasteiger charge is 1.95. The van der Waals surface area contributed by atoms with E-state index >= 15 is 0 Å². The molecular formula is C10H12O. The van der Waals surface area contributed by atoms with Crippen LogP contribution < -0.4 is 4.74 Å². The summed E-state index contributed by atoms with van der Waals surface area (Å²) in [5.41, 5.74) is 0. The summed E-state index contributed by atoms with van der Waals surface area (Å²) < 4.78 is 5.45. The molecule has 1 atom stereocenters. The average Bonchev–Trinajstić information content (AvgIpc) is 2.06. The first-order chi connectivity index (χ1) is 5.33. The third-order valence-electron chi connectivity index (χ3n) is 1.40. The van der Waals surface area contributed by atoms with E-state index in [4.69, 9.17) is 4.74 Å². The van der Waals surface area contributed by atoms with Gasteiger partial charge in [0.2, 0.25) is 0 Å². The van der Waals surface area contributed by atoms with E-state index in [1.165, 1.54) is 0 Å². The summed E-state index contributed by atoms with van der Waals surface area (Å²) in [6.45, 7) is 5.59. The van der Waals surface area contributed by atoms with Crippen LogP contribution in [0.5, 0.6) is 5.75 Å². The lowest BCUT2D eigenvalue weighted by Crippen LogP contribution is -2.06. The van der Waals surface area contributed by atoms with Gasteiger partial charge in [0.05, 0.1) is 0 Å². The molecule has 1 nitrogen and oxygen atoms in total. The van der Waals surface area contributed by atoms with E-state index in [0.717, 1.165) is 5.75 Å². The molecule has 0 unspecified atom stereocenters.